The second kappa shape index (κ2) is 6.74. The summed E-state index contributed by atoms with van der Waals surface area (Å²) in [6, 6.07) is -0.796. The van der Waals surface area contributed by atoms with Crippen molar-refractivity contribution in [1.29, 1.82) is 0 Å². The lowest BCUT2D eigenvalue weighted by Crippen LogP contribution is -2.47. The van der Waals surface area contributed by atoms with E-state index in [4.69, 9.17) is 5.11 Å². The van der Waals surface area contributed by atoms with E-state index in [0.717, 1.165) is 0 Å². The van der Waals surface area contributed by atoms with Crippen LogP contribution in [0.3, 0.4) is 0 Å². The zero-order chi connectivity index (χ0) is 14.5. The average Bonchev–Trinajstić information content (AvgIpc) is 2.27. The van der Waals surface area contributed by atoms with Crippen LogP contribution in [-0.2, 0) is 14.6 Å². The molecule has 1 saturated heterocycles. The quantitative estimate of drug-likeness (QED) is 0.659. The fraction of sp³-hybridized carbons (Fsp3) is 0.818. The molecule has 0 aromatic rings. The van der Waals surface area contributed by atoms with E-state index in [0.29, 0.717) is 19.3 Å². The van der Waals surface area contributed by atoms with Gasteiger partial charge in [0.15, 0.2) is 9.84 Å². The van der Waals surface area contributed by atoms with Crippen LogP contribution in [0.5, 0.6) is 0 Å². The summed E-state index contributed by atoms with van der Waals surface area (Å²) in [4.78, 5) is 22.1. The third-order valence-corrected chi connectivity index (χ3v) is 4.90. The van der Waals surface area contributed by atoms with Crippen LogP contribution < -0.4 is 10.6 Å². The highest BCUT2D eigenvalue weighted by atomic mass is 32.2. The topological polar surface area (TPSA) is 113 Å². The van der Waals surface area contributed by atoms with Crippen LogP contribution in [-0.4, -0.2) is 49.6 Å². The molecule has 0 bridgehead atoms. The van der Waals surface area contributed by atoms with Gasteiger partial charge in [0.25, 0.3) is 0 Å². The molecule has 0 aromatic carbocycles. The first-order chi connectivity index (χ1) is 8.80. The monoisotopic (exact) mass is 292 g/mol. The summed E-state index contributed by atoms with van der Waals surface area (Å²) in [5.41, 5.74) is 0. The van der Waals surface area contributed by atoms with Crippen LogP contribution in [0.25, 0.3) is 0 Å². The Morgan fingerprint density at radius 3 is 2.68 bits per heavy atom. The van der Waals surface area contributed by atoms with E-state index < -0.39 is 27.8 Å². The van der Waals surface area contributed by atoms with Crippen LogP contribution in [0.15, 0.2) is 0 Å². The van der Waals surface area contributed by atoms with Gasteiger partial charge >= 0.3 is 12.0 Å². The standard InChI is InChI=1S/C11H20N2O5S/c1-8(10(14)15)4-5-12-11(16)13-9-3-2-6-19(17,18)7-9/h8-9H,2-7H2,1H3,(H,14,15)(H2,12,13,16). The zero-order valence-electron chi connectivity index (χ0n) is 10.9. The van der Waals surface area contributed by atoms with Crippen molar-refractivity contribution in [3.8, 4) is 0 Å². The van der Waals surface area contributed by atoms with E-state index in [2.05, 4.69) is 10.6 Å². The maximum atomic E-state index is 11.5. The molecule has 19 heavy (non-hydrogen) atoms. The van der Waals surface area contributed by atoms with E-state index in [-0.39, 0.29) is 24.1 Å². The van der Waals surface area contributed by atoms with E-state index in [9.17, 15) is 18.0 Å². The fourth-order valence-electron chi connectivity index (χ4n) is 1.90. The summed E-state index contributed by atoms with van der Waals surface area (Å²) in [6.45, 7) is 1.81. The largest absolute Gasteiger partial charge is 0.481 e. The summed E-state index contributed by atoms with van der Waals surface area (Å²) in [6.07, 6.45) is 1.55. The van der Waals surface area contributed by atoms with Crippen LogP contribution in [0.1, 0.15) is 26.2 Å². The fourth-order valence-corrected chi connectivity index (χ4v) is 3.53. The number of hydrogen-bond acceptors (Lipinski definition) is 4. The first-order valence-electron chi connectivity index (χ1n) is 6.28. The highest BCUT2D eigenvalue weighted by Gasteiger charge is 2.25. The number of rotatable bonds is 5. The molecular formula is C11H20N2O5S. The normalized spacial score (nSPS) is 23.3. The van der Waals surface area contributed by atoms with Crippen LogP contribution in [0.2, 0.25) is 0 Å². The lowest BCUT2D eigenvalue weighted by Gasteiger charge is -2.23. The van der Waals surface area contributed by atoms with Gasteiger partial charge in [-0.15, -0.1) is 0 Å². The van der Waals surface area contributed by atoms with Gasteiger partial charge in [-0.2, -0.15) is 0 Å². The zero-order valence-corrected chi connectivity index (χ0v) is 11.7. The molecule has 1 aliphatic heterocycles. The molecule has 0 aromatic heterocycles. The molecule has 2 unspecified atom stereocenters. The van der Waals surface area contributed by atoms with Crippen molar-refractivity contribution < 1.29 is 23.1 Å². The van der Waals surface area contributed by atoms with Gasteiger partial charge in [0.05, 0.1) is 17.4 Å². The van der Waals surface area contributed by atoms with Gasteiger partial charge in [-0.05, 0) is 19.3 Å². The molecule has 1 fully saturated rings. The number of aliphatic carboxylic acids is 1. The molecule has 0 spiro atoms. The SMILES string of the molecule is CC(CCNC(=O)NC1CCCS(=O)(=O)C1)C(=O)O. The van der Waals surface area contributed by atoms with Gasteiger partial charge in [0.2, 0.25) is 0 Å². The highest BCUT2D eigenvalue weighted by Crippen LogP contribution is 2.11. The van der Waals surface area contributed by atoms with Crippen molar-refractivity contribution in [1.82, 2.24) is 10.6 Å². The lowest BCUT2D eigenvalue weighted by atomic mass is 10.1. The van der Waals surface area contributed by atoms with E-state index in [1.54, 1.807) is 6.92 Å². The van der Waals surface area contributed by atoms with Crippen molar-refractivity contribution >= 4 is 21.8 Å². The van der Waals surface area contributed by atoms with Gasteiger partial charge in [-0.3, -0.25) is 4.79 Å². The first-order valence-corrected chi connectivity index (χ1v) is 8.10. The molecule has 3 N–H and O–H groups in total. The third-order valence-electron chi connectivity index (χ3n) is 3.08. The van der Waals surface area contributed by atoms with Crippen LogP contribution >= 0.6 is 0 Å². The number of carbonyl (C=O) groups excluding carboxylic acids is 1. The Morgan fingerprint density at radius 2 is 2.11 bits per heavy atom. The van der Waals surface area contributed by atoms with E-state index in [1.165, 1.54) is 0 Å². The van der Waals surface area contributed by atoms with Crippen molar-refractivity contribution in [2.45, 2.75) is 32.2 Å². The summed E-state index contributed by atoms with van der Waals surface area (Å²) in [5, 5.41) is 13.8. The van der Waals surface area contributed by atoms with Crippen molar-refractivity contribution in [3.05, 3.63) is 0 Å². The first kappa shape index (κ1) is 15.7. The number of nitrogens with one attached hydrogen (secondary N) is 2. The predicted molar refractivity (Wildman–Crippen MR) is 69.6 cm³/mol. The van der Waals surface area contributed by atoms with E-state index >= 15 is 0 Å². The number of hydrogen-bond donors (Lipinski definition) is 3. The molecule has 1 heterocycles. The predicted octanol–water partition coefficient (Wildman–Crippen LogP) is -0.0264. The lowest BCUT2D eigenvalue weighted by molar-refractivity contribution is -0.141. The minimum absolute atomic E-state index is 0.0219. The van der Waals surface area contributed by atoms with Crippen molar-refractivity contribution in [3.63, 3.8) is 0 Å². The number of sulfone groups is 1. The Morgan fingerprint density at radius 1 is 1.42 bits per heavy atom. The Kier molecular flexibility index (Phi) is 5.59. The number of urea groups is 1. The number of carboxylic acid groups (broad SMARTS) is 1. The molecule has 2 atom stereocenters. The summed E-state index contributed by atoms with van der Waals surface area (Å²) in [5.74, 6) is -1.26. The summed E-state index contributed by atoms with van der Waals surface area (Å²) < 4.78 is 22.8. The maximum absolute atomic E-state index is 11.5. The number of carbonyl (C=O) groups is 2. The molecule has 2 amide bonds. The highest BCUT2D eigenvalue weighted by molar-refractivity contribution is 7.91. The summed E-state index contributed by atoms with van der Waals surface area (Å²) >= 11 is 0. The van der Waals surface area contributed by atoms with Crippen molar-refractivity contribution in [2.24, 2.45) is 5.92 Å². The molecule has 110 valence electrons. The summed E-state index contributed by atoms with van der Waals surface area (Å²) in [7, 11) is -3.04. The molecule has 8 heteroatoms. The van der Waals surface area contributed by atoms with Gasteiger partial charge < -0.3 is 15.7 Å². The number of amides is 2. The Balaban J connectivity index is 2.26. The molecule has 1 rings (SSSR count). The minimum Gasteiger partial charge on any atom is -0.481 e. The van der Waals surface area contributed by atoms with Gasteiger partial charge in [0.1, 0.15) is 0 Å². The molecule has 0 aliphatic carbocycles. The second-order valence-corrected chi connectivity index (χ2v) is 7.11. The average molecular weight is 292 g/mol. The smallest absolute Gasteiger partial charge is 0.315 e. The molecule has 0 radical (unpaired) electrons. The van der Waals surface area contributed by atoms with Crippen LogP contribution in [0.4, 0.5) is 4.79 Å². The Labute approximate surface area is 112 Å². The second-order valence-electron chi connectivity index (χ2n) is 4.88. The van der Waals surface area contributed by atoms with Crippen LogP contribution in [0, 0.1) is 5.92 Å². The van der Waals surface area contributed by atoms with E-state index in [1.807, 2.05) is 0 Å². The maximum Gasteiger partial charge on any atom is 0.315 e. The molecular weight excluding hydrogens is 272 g/mol. The van der Waals surface area contributed by atoms with Gasteiger partial charge in [0, 0.05) is 12.6 Å². The minimum atomic E-state index is -3.04. The third kappa shape index (κ3) is 5.91. The van der Waals surface area contributed by atoms with Gasteiger partial charge in [-0.25, -0.2) is 13.2 Å². The Bertz CT molecular complexity index is 434. The molecule has 1 aliphatic rings. The Hall–Kier alpha value is -1.31. The van der Waals surface area contributed by atoms with Gasteiger partial charge in [-0.1, -0.05) is 6.92 Å². The van der Waals surface area contributed by atoms with Crippen molar-refractivity contribution in [2.75, 3.05) is 18.1 Å². The molecule has 0 saturated carbocycles. The molecule has 7 nitrogen and oxygen atoms in total. The number of carboxylic acids is 1.